The number of benzene rings is 1. The summed E-state index contributed by atoms with van der Waals surface area (Å²) in [6.07, 6.45) is 1.77. The van der Waals surface area contributed by atoms with Crippen LogP contribution in [0.4, 0.5) is 5.69 Å². The fourth-order valence-electron chi connectivity index (χ4n) is 2.02. The molecule has 124 valence electrons. The third kappa shape index (κ3) is 4.14. The van der Waals surface area contributed by atoms with Gasteiger partial charge in [-0.1, -0.05) is 0 Å². The first-order valence-corrected chi connectivity index (χ1v) is 8.07. The first-order valence-electron chi connectivity index (χ1n) is 6.86. The van der Waals surface area contributed by atoms with E-state index in [1.165, 1.54) is 0 Å². The fourth-order valence-corrected chi connectivity index (χ4v) is 2.67. The maximum absolute atomic E-state index is 5.47. The molecule has 0 atom stereocenters. The number of methoxy groups -OCH3 is 2. The predicted molar refractivity (Wildman–Crippen MR) is 98.1 cm³/mol. The van der Waals surface area contributed by atoms with Crippen LogP contribution in [0.3, 0.4) is 0 Å². The number of hydrogen-bond donors (Lipinski definition) is 1. The molecule has 1 aromatic heterocycles. The molecule has 0 aliphatic heterocycles. The monoisotopic (exact) mass is 398 g/mol. The Balaban J connectivity index is 2.09. The van der Waals surface area contributed by atoms with Crippen LogP contribution in [-0.4, -0.2) is 41.1 Å². The molecule has 0 aliphatic carbocycles. The summed E-state index contributed by atoms with van der Waals surface area (Å²) >= 11 is 8.96. The van der Waals surface area contributed by atoms with Crippen LogP contribution in [0.25, 0.3) is 0 Å². The number of ether oxygens (including phenoxy) is 2. The van der Waals surface area contributed by atoms with Crippen LogP contribution >= 0.6 is 28.1 Å². The molecular weight excluding hydrogens is 380 g/mol. The highest BCUT2D eigenvalue weighted by Crippen LogP contribution is 2.29. The number of aryl methyl sites for hydroxylation is 1. The smallest absolute Gasteiger partial charge is 0.173 e. The number of thiocarbonyl (C=S) groups is 1. The maximum Gasteiger partial charge on any atom is 0.173 e. The van der Waals surface area contributed by atoms with Crippen molar-refractivity contribution in [2.45, 2.75) is 6.54 Å². The van der Waals surface area contributed by atoms with Gasteiger partial charge in [-0.05, 0) is 40.3 Å². The van der Waals surface area contributed by atoms with Gasteiger partial charge in [0.25, 0.3) is 0 Å². The van der Waals surface area contributed by atoms with Crippen molar-refractivity contribution in [3.05, 3.63) is 34.6 Å². The summed E-state index contributed by atoms with van der Waals surface area (Å²) in [5.74, 6) is 1.40. The second-order valence-electron chi connectivity index (χ2n) is 4.92. The second kappa shape index (κ2) is 7.65. The molecule has 0 radical (unpaired) electrons. The van der Waals surface area contributed by atoms with Crippen LogP contribution in [0.1, 0.15) is 5.69 Å². The average Bonchev–Trinajstić information content (AvgIpc) is 2.86. The Bertz CT molecular complexity index is 685. The highest BCUT2D eigenvalue weighted by Gasteiger charge is 2.13. The van der Waals surface area contributed by atoms with Gasteiger partial charge in [-0.15, -0.1) is 0 Å². The molecule has 0 saturated carbocycles. The molecule has 1 heterocycles. The van der Waals surface area contributed by atoms with E-state index in [9.17, 15) is 0 Å². The van der Waals surface area contributed by atoms with Crippen molar-refractivity contribution in [2.75, 3.05) is 26.6 Å². The van der Waals surface area contributed by atoms with Crippen LogP contribution in [0.5, 0.6) is 11.5 Å². The van der Waals surface area contributed by atoms with Crippen LogP contribution in [-0.2, 0) is 13.6 Å². The van der Waals surface area contributed by atoms with E-state index in [1.807, 2.05) is 41.9 Å². The van der Waals surface area contributed by atoms with Crippen molar-refractivity contribution >= 4 is 38.9 Å². The Kier molecular flexibility index (Phi) is 5.84. The number of anilines is 1. The van der Waals surface area contributed by atoms with E-state index in [4.69, 9.17) is 21.7 Å². The first-order chi connectivity index (χ1) is 11.0. The van der Waals surface area contributed by atoms with Crippen molar-refractivity contribution < 1.29 is 9.47 Å². The third-order valence-electron chi connectivity index (χ3n) is 3.39. The minimum absolute atomic E-state index is 0.585. The summed E-state index contributed by atoms with van der Waals surface area (Å²) in [6.45, 7) is 0.626. The van der Waals surface area contributed by atoms with Crippen LogP contribution in [0.2, 0.25) is 0 Å². The lowest BCUT2D eigenvalue weighted by Crippen LogP contribution is -2.31. The highest BCUT2D eigenvalue weighted by molar-refractivity contribution is 9.10. The van der Waals surface area contributed by atoms with E-state index in [2.05, 4.69) is 26.3 Å². The molecule has 0 bridgehead atoms. The number of nitrogens with one attached hydrogen (secondary N) is 1. The summed E-state index contributed by atoms with van der Waals surface area (Å²) in [6, 6.07) is 5.53. The number of rotatable bonds is 5. The van der Waals surface area contributed by atoms with Gasteiger partial charge in [0.1, 0.15) is 11.5 Å². The molecule has 0 fully saturated rings. The molecule has 0 unspecified atom stereocenters. The van der Waals surface area contributed by atoms with E-state index >= 15 is 0 Å². The third-order valence-corrected chi connectivity index (χ3v) is 4.47. The topological polar surface area (TPSA) is 51.5 Å². The molecule has 1 N–H and O–H groups in total. The van der Waals surface area contributed by atoms with Gasteiger partial charge in [0, 0.05) is 20.2 Å². The van der Waals surface area contributed by atoms with Crippen molar-refractivity contribution in [1.82, 2.24) is 14.7 Å². The summed E-state index contributed by atoms with van der Waals surface area (Å²) in [7, 11) is 7.05. The Hall–Kier alpha value is -1.80. The zero-order valence-corrected chi connectivity index (χ0v) is 15.9. The van der Waals surface area contributed by atoms with Crippen molar-refractivity contribution in [3.8, 4) is 11.5 Å². The Morgan fingerprint density at radius 2 is 2.13 bits per heavy atom. The standard InChI is InChI=1S/C15H19BrN4O2S/c1-19(9-13-11(16)8-17-20(13)2)15(23)18-12-6-5-10(21-3)7-14(12)22-4/h5-8H,9H2,1-4H3,(H,18,23). The zero-order valence-electron chi connectivity index (χ0n) is 13.5. The van der Waals surface area contributed by atoms with Gasteiger partial charge in [0.15, 0.2) is 5.11 Å². The molecule has 0 aliphatic rings. The van der Waals surface area contributed by atoms with E-state index in [-0.39, 0.29) is 0 Å². The summed E-state index contributed by atoms with van der Waals surface area (Å²) in [5.41, 5.74) is 1.83. The SMILES string of the molecule is COc1ccc(NC(=S)N(C)Cc2c(Br)cnn2C)c(OC)c1. The van der Waals surface area contributed by atoms with E-state index in [1.54, 1.807) is 20.4 Å². The number of nitrogens with zero attached hydrogens (tertiary/aromatic N) is 3. The molecule has 2 rings (SSSR count). The van der Waals surface area contributed by atoms with Gasteiger partial charge < -0.3 is 19.7 Å². The van der Waals surface area contributed by atoms with E-state index in [0.717, 1.165) is 21.6 Å². The molecule has 8 heteroatoms. The summed E-state index contributed by atoms with van der Waals surface area (Å²) < 4.78 is 13.3. The first kappa shape index (κ1) is 17.6. The minimum atomic E-state index is 0.585. The number of hydrogen-bond acceptors (Lipinski definition) is 4. The molecule has 2 aromatic rings. The van der Waals surface area contributed by atoms with Gasteiger partial charge in [0.05, 0.1) is 42.8 Å². The predicted octanol–water partition coefficient (Wildman–Crippen LogP) is 3.03. The zero-order chi connectivity index (χ0) is 17.0. The van der Waals surface area contributed by atoms with Gasteiger partial charge in [-0.25, -0.2) is 0 Å². The molecule has 1 aromatic carbocycles. The van der Waals surface area contributed by atoms with Crippen molar-refractivity contribution in [2.24, 2.45) is 7.05 Å². The molecule has 23 heavy (non-hydrogen) atoms. The van der Waals surface area contributed by atoms with Crippen molar-refractivity contribution in [1.29, 1.82) is 0 Å². The summed E-state index contributed by atoms with van der Waals surface area (Å²) in [4.78, 5) is 1.93. The van der Waals surface area contributed by atoms with E-state index < -0.39 is 0 Å². The van der Waals surface area contributed by atoms with Crippen molar-refractivity contribution in [3.63, 3.8) is 0 Å². The van der Waals surface area contributed by atoms with Gasteiger partial charge in [-0.3, -0.25) is 4.68 Å². The van der Waals surface area contributed by atoms with Crippen LogP contribution in [0.15, 0.2) is 28.9 Å². The summed E-state index contributed by atoms with van der Waals surface area (Å²) in [5, 5.41) is 7.99. The van der Waals surface area contributed by atoms with Gasteiger partial charge >= 0.3 is 0 Å². The molecule has 0 amide bonds. The lowest BCUT2D eigenvalue weighted by atomic mass is 10.2. The second-order valence-corrected chi connectivity index (χ2v) is 6.16. The van der Waals surface area contributed by atoms with E-state index in [0.29, 0.717) is 17.4 Å². The lowest BCUT2D eigenvalue weighted by molar-refractivity contribution is 0.395. The average molecular weight is 399 g/mol. The number of aromatic nitrogens is 2. The van der Waals surface area contributed by atoms with Gasteiger partial charge in [-0.2, -0.15) is 5.10 Å². The molecule has 0 saturated heterocycles. The molecular formula is C15H19BrN4O2S. The highest BCUT2D eigenvalue weighted by atomic mass is 79.9. The Labute approximate surface area is 149 Å². The fraction of sp³-hybridized carbons (Fsp3) is 0.333. The molecule has 6 nitrogen and oxygen atoms in total. The minimum Gasteiger partial charge on any atom is -0.497 e. The number of halogens is 1. The Morgan fingerprint density at radius 1 is 1.39 bits per heavy atom. The normalized spacial score (nSPS) is 10.3. The maximum atomic E-state index is 5.47. The lowest BCUT2D eigenvalue weighted by Gasteiger charge is -2.22. The van der Waals surface area contributed by atoms with Crippen LogP contribution in [0, 0.1) is 0 Å². The van der Waals surface area contributed by atoms with Gasteiger partial charge in [0.2, 0.25) is 0 Å². The largest absolute Gasteiger partial charge is 0.497 e. The quantitative estimate of drug-likeness (QED) is 0.781. The molecule has 0 spiro atoms. The Morgan fingerprint density at radius 3 is 2.70 bits per heavy atom. The van der Waals surface area contributed by atoms with Crippen LogP contribution < -0.4 is 14.8 Å².